The molecule has 2 aliphatic heterocycles. The first-order valence-electron chi connectivity index (χ1n) is 10.1. The van der Waals surface area contributed by atoms with Crippen molar-refractivity contribution < 1.29 is 14.3 Å². The molecule has 0 spiro atoms. The molecule has 2 aliphatic rings. The Kier molecular flexibility index (Phi) is 6.53. The van der Waals surface area contributed by atoms with E-state index in [1.807, 2.05) is 26.4 Å². The number of piperidine rings is 1. The van der Waals surface area contributed by atoms with Gasteiger partial charge in [0.2, 0.25) is 5.91 Å². The summed E-state index contributed by atoms with van der Waals surface area (Å²) in [6, 6.07) is 2.02. The lowest BCUT2D eigenvalue weighted by Gasteiger charge is -2.49. The molecule has 158 valence electrons. The molecule has 4 heterocycles. The lowest BCUT2D eigenvalue weighted by molar-refractivity contribution is -0.137. The molecule has 4 rings (SSSR count). The van der Waals surface area contributed by atoms with Crippen LogP contribution in [0, 0.1) is 0 Å². The Balaban J connectivity index is 1.61. The van der Waals surface area contributed by atoms with E-state index in [4.69, 9.17) is 9.47 Å². The Hall–Kier alpha value is -1.88. The van der Waals surface area contributed by atoms with Gasteiger partial charge in [-0.25, -0.2) is 4.68 Å². The first-order valence-corrected chi connectivity index (χ1v) is 11.0. The maximum Gasteiger partial charge on any atom is 0.227 e. The van der Waals surface area contributed by atoms with Gasteiger partial charge in [0, 0.05) is 33.3 Å². The van der Waals surface area contributed by atoms with Gasteiger partial charge in [0.1, 0.15) is 5.54 Å². The minimum absolute atomic E-state index is 0.164. The van der Waals surface area contributed by atoms with E-state index in [2.05, 4.69) is 20.4 Å². The Bertz CT molecular complexity index is 792. The third-order valence-electron chi connectivity index (χ3n) is 5.83. The van der Waals surface area contributed by atoms with Gasteiger partial charge >= 0.3 is 0 Å². The van der Waals surface area contributed by atoms with Crippen LogP contribution in [0.2, 0.25) is 0 Å². The zero-order chi connectivity index (χ0) is 20.1. The monoisotopic (exact) mass is 420 g/mol. The summed E-state index contributed by atoms with van der Waals surface area (Å²) in [4.78, 5) is 17.5. The summed E-state index contributed by atoms with van der Waals surface area (Å²) in [6.07, 6.45) is 2.28. The fourth-order valence-electron chi connectivity index (χ4n) is 4.37. The Morgan fingerprint density at radius 3 is 2.97 bits per heavy atom. The van der Waals surface area contributed by atoms with E-state index in [1.54, 1.807) is 18.4 Å². The second-order valence-corrected chi connectivity index (χ2v) is 8.36. The zero-order valence-corrected chi connectivity index (χ0v) is 17.6. The zero-order valence-electron chi connectivity index (χ0n) is 16.8. The second-order valence-electron chi connectivity index (χ2n) is 7.58. The molecule has 0 radical (unpaired) electrons. The van der Waals surface area contributed by atoms with E-state index < -0.39 is 5.54 Å². The fourth-order valence-corrected chi connectivity index (χ4v) is 5.04. The number of rotatable bonds is 7. The van der Waals surface area contributed by atoms with Crippen LogP contribution in [-0.2, 0) is 32.8 Å². The topological polar surface area (TPSA) is 85.6 Å². The van der Waals surface area contributed by atoms with Gasteiger partial charge in [0.25, 0.3) is 0 Å². The highest BCUT2D eigenvalue weighted by atomic mass is 32.1. The number of hydrogen-bond donors (Lipinski definition) is 0. The highest BCUT2D eigenvalue weighted by Crippen LogP contribution is 2.37. The number of amides is 1. The van der Waals surface area contributed by atoms with Crippen LogP contribution < -0.4 is 0 Å². The van der Waals surface area contributed by atoms with Crippen molar-refractivity contribution in [1.82, 2.24) is 30.0 Å². The van der Waals surface area contributed by atoms with E-state index in [-0.39, 0.29) is 5.91 Å². The average Bonchev–Trinajstić information content (AvgIpc) is 3.45. The maximum absolute atomic E-state index is 13.1. The average molecular weight is 421 g/mol. The fraction of sp³-hybridized carbons (Fsp3) is 0.684. The quantitative estimate of drug-likeness (QED) is 0.654. The van der Waals surface area contributed by atoms with Crippen LogP contribution in [0.3, 0.4) is 0 Å². The van der Waals surface area contributed by atoms with Crippen LogP contribution in [0.1, 0.15) is 24.2 Å². The summed E-state index contributed by atoms with van der Waals surface area (Å²) in [7, 11) is 1.67. The van der Waals surface area contributed by atoms with Crippen molar-refractivity contribution >= 4 is 17.2 Å². The standard InChI is InChI=1S/C19H28N6O3S/c1-27-9-8-25-18(20-21-22-25)19(24-6-10-28-11-7-24)4-2-5-23(15-19)17(26)13-16-3-12-29-14-16/h3,12,14H,2,4-11,13,15H2,1H3. The van der Waals surface area contributed by atoms with Gasteiger partial charge in [0.05, 0.1) is 32.8 Å². The third-order valence-corrected chi connectivity index (χ3v) is 6.56. The van der Waals surface area contributed by atoms with Crippen molar-refractivity contribution in [2.24, 2.45) is 0 Å². The lowest BCUT2D eigenvalue weighted by Crippen LogP contribution is -2.61. The van der Waals surface area contributed by atoms with Gasteiger partial charge in [-0.1, -0.05) is 0 Å². The van der Waals surface area contributed by atoms with Crippen molar-refractivity contribution in [3.8, 4) is 0 Å². The molecule has 0 bridgehead atoms. The number of tetrazole rings is 1. The Morgan fingerprint density at radius 1 is 1.34 bits per heavy atom. The van der Waals surface area contributed by atoms with Crippen LogP contribution in [-0.4, -0.2) is 89.0 Å². The van der Waals surface area contributed by atoms with Crippen molar-refractivity contribution in [1.29, 1.82) is 0 Å². The number of aromatic nitrogens is 4. The van der Waals surface area contributed by atoms with Gasteiger partial charge in [-0.3, -0.25) is 9.69 Å². The minimum atomic E-state index is -0.399. The molecule has 2 aromatic heterocycles. The molecule has 0 aromatic carbocycles. The highest BCUT2D eigenvalue weighted by Gasteiger charge is 2.47. The summed E-state index contributed by atoms with van der Waals surface area (Å²) in [5.74, 6) is 0.987. The van der Waals surface area contributed by atoms with Crippen molar-refractivity contribution in [3.63, 3.8) is 0 Å². The highest BCUT2D eigenvalue weighted by molar-refractivity contribution is 7.08. The molecule has 2 aromatic rings. The number of morpholine rings is 1. The van der Waals surface area contributed by atoms with Crippen molar-refractivity contribution in [2.75, 3.05) is 53.1 Å². The van der Waals surface area contributed by atoms with E-state index in [9.17, 15) is 4.79 Å². The molecular weight excluding hydrogens is 392 g/mol. The summed E-state index contributed by atoms with van der Waals surface area (Å²) in [6.45, 7) is 5.49. The van der Waals surface area contributed by atoms with Crippen LogP contribution >= 0.6 is 11.3 Å². The molecule has 2 saturated heterocycles. The predicted molar refractivity (Wildman–Crippen MR) is 108 cm³/mol. The van der Waals surface area contributed by atoms with Crippen LogP contribution in [0.15, 0.2) is 16.8 Å². The smallest absolute Gasteiger partial charge is 0.227 e. The largest absolute Gasteiger partial charge is 0.383 e. The molecule has 9 nitrogen and oxygen atoms in total. The molecule has 1 unspecified atom stereocenters. The number of carbonyl (C=O) groups excluding carboxylic acids is 1. The predicted octanol–water partition coefficient (Wildman–Crippen LogP) is 0.774. The molecule has 10 heteroatoms. The molecule has 2 fully saturated rings. The van der Waals surface area contributed by atoms with Gasteiger partial charge in [0.15, 0.2) is 5.82 Å². The lowest BCUT2D eigenvalue weighted by atomic mass is 9.85. The molecule has 0 N–H and O–H groups in total. The van der Waals surface area contributed by atoms with E-state index in [0.717, 1.165) is 43.9 Å². The first-order chi connectivity index (χ1) is 14.2. The summed E-state index contributed by atoms with van der Waals surface area (Å²) in [5, 5.41) is 16.7. The number of carbonyl (C=O) groups is 1. The van der Waals surface area contributed by atoms with Gasteiger partial charge in [-0.15, -0.1) is 5.10 Å². The van der Waals surface area contributed by atoms with Gasteiger partial charge in [-0.2, -0.15) is 11.3 Å². The minimum Gasteiger partial charge on any atom is -0.383 e. The van der Waals surface area contributed by atoms with Crippen molar-refractivity contribution in [3.05, 3.63) is 28.2 Å². The number of ether oxygens (including phenoxy) is 2. The van der Waals surface area contributed by atoms with Crippen LogP contribution in [0.25, 0.3) is 0 Å². The SMILES string of the molecule is COCCn1nnnc1C1(N2CCOCC2)CCCN(C(=O)Cc2ccsc2)C1. The molecule has 29 heavy (non-hydrogen) atoms. The summed E-state index contributed by atoms with van der Waals surface area (Å²) >= 11 is 1.62. The Labute approximate surface area is 174 Å². The summed E-state index contributed by atoms with van der Waals surface area (Å²) < 4.78 is 12.7. The number of hydrogen-bond acceptors (Lipinski definition) is 8. The van der Waals surface area contributed by atoms with Gasteiger partial charge < -0.3 is 14.4 Å². The van der Waals surface area contributed by atoms with Crippen LogP contribution in [0.4, 0.5) is 0 Å². The number of thiophene rings is 1. The molecule has 0 saturated carbocycles. The van der Waals surface area contributed by atoms with E-state index in [0.29, 0.717) is 39.3 Å². The van der Waals surface area contributed by atoms with Crippen LogP contribution in [0.5, 0.6) is 0 Å². The molecule has 1 amide bonds. The second kappa shape index (κ2) is 9.29. The maximum atomic E-state index is 13.1. The molecule has 0 aliphatic carbocycles. The number of methoxy groups -OCH3 is 1. The van der Waals surface area contributed by atoms with E-state index >= 15 is 0 Å². The van der Waals surface area contributed by atoms with Crippen molar-refractivity contribution in [2.45, 2.75) is 31.3 Å². The number of likely N-dealkylation sites (tertiary alicyclic amines) is 1. The third kappa shape index (κ3) is 4.35. The normalized spacial score (nSPS) is 23.4. The van der Waals surface area contributed by atoms with Gasteiger partial charge in [-0.05, 0) is 45.7 Å². The molecular formula is C19H28N6O3S. The van der Waals surface area contributed by atoms with E-state index in [1.165, 1.54) is 0 Å². The Morgan fingerprint density at radius 2 is 2.21 bits per heavy atom. The number of nitrogens with zero attached hydrogens (tertiary/aromatic N) is 6. The summed E-state index contributed by atoms with van der Waals surface area (Å²) in [5.41, 5.74) is 0.677. The first kappa shape index (κ1) is 20.4. The molecule has 1 atom stereocenters.